The summed E-state index contributed by atoms with van der Waals surface area (Å²) in [5, 5.41) is 0.929. The highest BCUT2D eigenvalue weighted by atomic mass is 127. The molecule has 2 aliphatic carbocycles. The zero-order chi connectivity index (χ0) is 18.5. The lowest BCUT2D eigenvalue weighted by Crippen LogP contribution is -2.36. The van der Waals surface area contributed by atoms with Crippen LogP contribution < -0.4 is 0 Å². The summed E-state index contributed by atoms with van der Waals surface area (Å²) >= 11 is 2.27. The van der Waals surface area contributed by atoms with Gasteiger partial charge in [-0.05, 0) is 40.3 Å². The third kappa shape index (κ3) is 2.43. The molecule has 0 fully saturated rings. The van der Waals surface area contributed by atoms with Crippen molar-refractivity contribution in [3.8, 4) is 11.1 Å². The second kappa shape index (κ2) is 6.23. The number of aromatic nitrogens is 1. The van der Waals surface area contributed by atoms with Crippen molar-refractivity contribution in [1.29, 1.82) is 0 Å². The first-order valence-corrected chi connectivity index (χ1v) is 9.86. The molecule has 130 valence electrons. The average molecular weight is 463 g/mol. The first-order valence-electron chi connectivity index (χ1n) is 8.78. The maximum absolute atomic E-state index is 13.5. The van der Waals surface area contributed by atoms with Crippen LogP contribution in [0.2, 0.25) is 0 Å². The molecule has 5 rings (SSSR count). The molecule has 0 spiro atoms. The van der Waals surface area contributed by atoms with Crippen LogP contribution in [0.4, 0.5) is 0 Å². The zero-order valence-corrected chi connectivity index (χ0v) is 16.4. The molecule has 0 saturated heterocycles. The first-order chi connectivity index (χ1) is 13.2. The van der Waals surface area contributed by atoms with Crippen molar-refractivity contribution in [3.63, 3.8) is 0 Å². The van der Waals surface area contributed by atoms with Gasteiger partial charge in [0, 0.05) is 14.5 Å². The molecule has 27 heavy (non-hydrogen) atoms. The lowest BCUT2D eigenvalue weighted by atomic mass is 9.72. The number of hydrogen-bond donors (Lipinski definition) is 0. The largest absolute Gasteiger partial charge is 0.293 e. The van der Waals surface area contributed by atoms with Crippen molar-refractivity contribution in [3.05, 3.63) is 87.7 Å². The molecule has 3 aromatic rings. The average Bonchev–Trinajstić information content (AvgIpc) is 2.71. The highest BCUT2D eigenvalue weighted by molar-refractivity contribution is 14.1. The Hall–Kier alpha value is -2.60. The van der Waals surface area contributed by atoms with Crippen LogP contribution in [-0.2, 0) is 0 Å². The van der Waals surface area contributed by atoms with Crippen LogP contribution in [0, 0.1) is 15.4 Å². The first kappa shape index (κ1) is 16.6. The number of Topliss-reactive ketones (excluding diaryl/α,β-unsaturated/α-hetero) is 2. The summed E-state index contributed by atoms with van der Waals surface area (Å²) in [5.41, 5.74) is 3.26. The molecule has 0 aliphatic heterocycles. The minimum atomic E-state index is -0.452. The molecule has 0 saturated carbocycles. The fraction of sp³-hybridized carbons (Fsp3) is 0.0870. The molecule has 2 unspecified atom stereocenters. The van der Waals surface area contributed by atoms with Gasteiger partial charge in [0.15, 0.2) is 11.6 Å². The van der Waals surface area contributed by atoms with Gasteiger partial charge in [0.25, 0.3) is 0 Å². The van der Waals surface area contributed by atoms with E-state index >= 15 is 0 Å². The van der Waals surface area contributed by atoms with Gasteiger partial charge in [-0.15, -0.1) is 0 Å². The minimum Gasteiger partial charge on any atom is -0.293 e. The third-order valence-electron chi connectivity index (χ3n) is 5.24. The maximum atomic E-state index is 13.5. The van der Waals surface area contributed by atoms with Crippen LogP contribution in [0.5, 0.6) is 0 Å². The van der Waals surface area contributed by atoms with E-state index in [-0.39, 0.29) is 11.6 Å². The van der Waals surface area contributed by atoms with Crippen molar-refractivity contribution in [2.45, 2.75) is 0 Å². The molecule has 0 amide bonds. The summed E-state index contributed by atoms with van der Waals surface area (Å²) < 4.78 is 1.01. The van der Waals surface area contributed by atoms with Gasteiger partial charge in [-0.25, -0.2) is 4.98 Å². The molecule has 1 heterocycles. The number of carbonyl (C=O) groups is 2. The molecule has 0 bridgehead atoms. The van der Waals surface area contributed by atoms with Gasteiger partial charge in [0.2, 0.25) is 0 Å². The summed E-state index contributed by atoms with van der Waals surface area (Å²) in [5.74, 6) is -0.999. The van der Waals surface area contributed by atoms with E-state index < -0.39 is 11.8 Å². The van der Waals surface area contributed by atoms with Crippen molar-refractivity contribution in [2.75, 3.05) is 0 Å². The number of benzene rings is 2. The predicted octanol–water partition coefficient (Wildman–Crippen LogP) is 5.24. The summed E-state index contributed by atoms with van der Waals surface area (Å²) in [7, 11) is 0. The summed E-state index contributed by atoms with van der Waals surface area (Å²) in [6.07, 6.45) is 7.33. The number of nitrogens with zero attached hydrogens (tertiary/aromatic N) is 1. The molecular formula is C23H14INO2. The Labute approximate surface area is 170 Å². The molecule has 2 aliphatic rings. The van der Waals surface area contributed by atoms with Gasteiger partial charge in [-0.2, -0.15) is 0 Å². The minimum absolute atomic E-state index is 0.0249. The Bertz CT molecular complexity index is 1180. The van der Waals surface area contributed by atoms with Crippen LogP contribution in [0.1, 0.15) is 20.8 Å². The lowest BCUT2D eigenvalue weighted by molar-refractivity contribution is 0.0798. The van der Waals surface area contributed by atoms with E-state index in [4.69, 9.17) is 0 Å². The van der Waals surface area contributed by atoms with Crippen LogP contribution in [0.3, 0.4) is 0 Å². The summed E-state index contributed by atoms with van der Waals surface area (Å²) in [4.78, 5) is 31.3. The van der Waals surface area contributed by atoms with Crippen molar-refractivity contribution in [2.24, 2.45) is 11.8 Å². The molecule has 3 nitrogen and oxygen atoms in total. The van der Waals surface area contributed by atoms with Crippen LogP contribution in [0.25, 0.3) is 22.0 Å². The van der Waals surface area contributed by atoms with Gasteiger partial charge < -0.3 is 0 Å². The SMILES string of the molecule is O=C1c2nc3cccc(I)c3c(-c3ccccc3)c2C(=O)C2C=CC=CC12. The van der Waals surface area contributed by atoms with Crippen molar-refractivity contribution < 1.29 is 9.59 Å². The summed E-state index contributed by atoms with van der Waals surface area (Å²) in [6.45, 7) is 0. The quantitative estimate of drug-likeness (QED) is 0.464. The summed E-state index contributed by atoms with van der Waals surface area (Å²) in [6, 6.07) is 15.7. The standard InChI is InChI=1S/C23H14INO2/c24-16-11-6-12-17-19(16)18(13-7-2-1-3-8-13)20-21(25-17)23(27)15-10-5-4-9-14(15)22(20)26/h1-12,14-15H. The smallest absolute Gasteiger partial charge is 0.189 e. The van der Waals surface area contributed by atoms with Gasteiger partial charge in [-0.3, -0.25) is 9.59 Å². The molecule has 2 atom stereocenters. The van der Waals surface area contributed by atoms with Crippen LogP contribution >= 0.6 is 22.6 Å². The van der Waals surface area contributed by atoms with E-state index in [1.54, 1.807) is 0 Å². The normalized spacial score (nSPS) is 20.6. The topological polar surface area (TPSA) is 47.0 Å². The fourth-order valence-corrected chi connectivity index (χ4v) is 4.77. The van der Waals surface area contributed by atoms with Gasteiger partial charge in [0.1, 0.15) is 5.69 Å². The Kier molecular flexibility index (Phi) is 3.82. The van der Waals surface area contributed by atoms with E-state index in [1.165, 1.54) is 0 Å². The van der Waals surface area contributed by atoms with Crippen LogP contribution in [0.15, 0.2) is 72.8 Å². The number of pyridine rings is 1. The highest BCUT2D eigenvalue weighted by Crippen LogP contribution is 2.42. The molecule has 1 aromatic heterocycles. The van der Waals surface area contributed by atoms with Gasteiger partial charge >= 0.3 is 0 Å². The van der Waals surface area contributed by atoms with E-state index in [0.717, 1.165) is 25.6 Å². The highest BCUT2D eigenvalue weighted by Gasteiger charge is 2.42. The van der Waals surface area contributed by atoms with Gasteiger partial charge in [0.05, 0.1) is 22.9 Å². The molecular weight excluding hydrogens is 449 g/mol. The zero-order valence-electron chi connectivity index (χ0n) is 14.2. The van der Waals surface area contributed by atoms with Crippen molar-refractivity contribution >= 4 is 45.1 Å². The van der Waals surface area contributed by atoms with E-state index in [1.807, 2.05) is 72.8 Å². The monoisotopic (exact) mass is 463 g/mol. The molecule has 2 aromatic carbocycles. The predicted molar refractivity (Wildman–Crippen MR) is 114 cm³/mol. The maximum Gasteiger partial charge on any atom is 0.189 e. The number of hydrogen-bond acceptors (Lipinski definition) is 3. The van der Waals surface area contributed by atoms with E-state index in [9.17, 15) is 9.59 Å². The Morgan fingerprint density at radius 1 is 0.778 bits per heavy atom. The third-order valence-corrected chi connectivity index (χ3v) is 6.14. The Balaban J connectivity index is 1.94. The Morgan fingerprint density at radius 2 is 1.48 bits per heavy atom. The van der Waals surface area contributed by atoms with E-state index in [0.29, 0.717) is 11.3 Å². The van der Waals surface area contributed by atoms with Gasteiger partial charge in [-0.1, -0.05) is 60.7 Å². The second-order valence-electron chi connectivity index (χ2n) is 6.76. The number of allylic oxidation sites excluding steroid dienone is 4. The number of carbonyl (C=O) groups excluding carboxylic acids is 2. The molecule has 0 radical (unpaired) electrons. The molecule has 4 heteroatoms. The lowest BCUT2D eigenvalue weighted by Gasteiger charge is -2.30. The molecule has 0 N–H and O–H groups in total. The number of ketones is 2. The number of fused-ring (bicyclic) bond motifs is 3. The number of rotatable bonds is 1. The van der Waals surface area contributed by atoms with Crippen molar-refractivity contribution in [1.82, 2.24) is 4.98 Å². The Morgan fingerprint density at radius 3 is 2.22 bits per heavy atom. The van der Waals surface area contributed by atoms with Crippen LogP contribution in [-0.4, -0.2) is 16.6 Å². The van der Waals surface area contributed by atoms with E-state index in [2.05, 4.69) is 27.6 Å². The number of halogens is 1. The fourth-order valence-electron chi connectivity index (χ4n) is 4.02. The second-order valence-corrected chi connectivity index (χ2v) is 7.92.